The Balaban J connectivity index is 1.16. The van der Waals surface area contributed by atoms with Crippen molar-refractivity contribution in [2.75, 3.05) is 79.9 Å². The van der Waals surface area contributed by atoms with E-state index in [2.05, 4.69) is 80.1 Å². The van der Waals surface area contributed by atoms with E-state index in [0.717, 1.165) is 51.4 Å². The predicted octanol–water partition coefficient (Wildman–Crippen LogP) is 5.58. The Bertz CT molecular complexity index is 1560. The van der Waals surface area contributed by atoms with Gasteiger partial charge in [-0.15, -0.1) is 0 Å². The van der Waals surface area contributed by atoms with Crippen LogP contribution in [-0.4, -0.2) is 95.5 Å². The molecule has 2 aromatic heterocycles. The van der Waals surface area contributed by atoms with Gasteiger partial charge < -0.3 is 29.9 Å². The number of ether oxygens (including phenoxy) is 1. The summed E-state index contributed by atoms with van der Waals surface area (Å²) in [7, 11) is 3.91. The second-order valence-corrected chi connectivity index (χ2v) is 12.3. The number of fused-ring (bicyclic) bond motifs is 1. The second kappa shape index (κ2) is 13.5. The minimum absolute atomic E-state index is 0.449. The topological polar surface area (TPSA) is 107 Å². The maximum absolute atomic E-state index is 5.80. The fourth-order valence-corrected chi connectivity index (χ4v) is 6.47. The molecule has 0 bridgehead atoms. The fraction of sp³-hybridized carbons (Fsp3) is 0.400. The lowest BCUT2D eigenvalue weighted by molar-refractivity contribution is 0.0982. The number of hydrogen-bond acceptors (Lipinski definition) is 12. The van der Waals surface area contributed by atoms with Crippen LogP contribution in [0.3, 0.4) is 0 Å². The van der Waals surface area contributed by atoms with Gasteiger partial charge in [0.1, 0.15) is 17.1 Å². The van der Waals surface area contributed by atoms with E-state index in [0.29, 0.717) is 17.8 Å². The quantitative estimate of drug-likeness (QED) is 0.194. The van der Waals surface area contributed by atoms with E-state index in [1.165, 1.54) is 56.7 Å². The summed E-state index contributed by atoms with van der Waals surface area (Å²) in [5, 5.41) is 6.78. The molecule has 0 amide bonds. The van der Waals surface area contributed by atoms with Crippen LogP contribution >= 0.6 is 27.9 Å². The Morgan fingerprint density at radius 1 is 0.930 bits per heavy atom. The molecule has 2 saturated heterocycles. The van der Waals surface area contributed by atoms with Gasteiger partial charge in [0.25, 0.3) is 0 Å². The number of hydrogen-bond donors (Lipinski definition) is 3. The standard InChI is InChI=1S/C30H37BrN10OS/c1-39-14-16-41(17-15-39)20-8-12-40(13-9-20)21-4-5-23(26(18-21)42-2)36-30-34-19-22(31)29(37-30)35-25-7-6-24-27(28(25)38-43-3)33-11-10-32-24/h4-7,10-11,18-20,38H,8-9,12-17H2,1-3H3,(H2,34,35,36,37). The number of piperidine rings is 1. The molecule has 6 rings (SSSR count). The molecule has 0 aliphatic carbocycles. The zero-order valence-corrected chi connectivity index (χ0v) is 27.1. The normalized spacial score (nSPS) is 16.8. The average Bonchev–Trinajstić information content (AvgIpc) is 3.04. The molecule has 0 saturated carbocycles. The SMILES string of the molecule is COc1cc(N2CCC(N3CCN(C)CC3)CC2)ccc1Nc1ncc(Br)c(Nc2ccc3nccnc3c2NSC)n1. The van der Waals surface area contributed by atoms with Gasteiger partial charge in [0.2, 0.25) is 5.95 Å². The number of piperazine rings is 1. The number of nitrogens with one attached hydrogen (secondary N) is 3. The molecule has 0 spiro atoms. The third kappa shape index (κ3) is 6.74. The molecule has 13 heteroatoms. The number of nitrogens with zero attached hydrogens (tertiary/aromatic N) is 7. The highest BCUT2D eigenvalue weighted by atomic mass is 79.9. The Morgan fingerprint density at radius 2 is 1.70 bits per heavy atom. The fourth-order valence-electron chi connectivity index (χ4n) is 5.77. The van der Waals surface area contributed by atoms with Crippen LogP contribution in [0.1, 0.15) is 12.8 Å². The van der Waals surface area contributed by atoms with Crippen LogP contribution in [0.2, 0.25) is 0 Å². The van der Waals surface area contributed by atoms with Gasteiger partial charge in [-0.2, -0.15) is 4.98 Å². The Labute approximate surface area is 265 Å². The van der Waals surface area contributed by atoms with Gasteiger partial charge in [-0.3, -0.25) is 14.9 Å². The molecule has 0 radical (unpaired) electrons. The predicted molar refractivity (Wildman–Crippen MR) is 180 cm³/mol. The van der Waals surface area contributed by atoms with Crippen molar-refractivity contribution < 1.29 is 4.74 Å². The summed E-state index contributed by atoms with van der Waals surface area (Å²) >= 11 is 5.09. The summed E-state index contributed by atoms with van der Waals surface area (Å²) in [4.78, 5) is 25.8. The van der Waals surface area contributed by atoms with E-state index in [4.69, 9.17) is 9.72 Å². The highest BCUT2D eigenvalue weighted by Crippen LogP contribution is 2.36. The lowest BCUT2D eigenvalue weighted by Crippen LogP contribution is -2.52. The van der Waals surface area contributed by atoms with E-state index in [1.54, 1.807) is 25.7 Å². The highest BCUT2D eigenvalue weighted by Gasteiger charge is 2.27. The molecule has 0 atom stereocenters. The first kappa shape index (κ1) is 29.7. The zero-order chi connectivity index (χ0) is 29.8. The lowest BCUT2D eigenvalue weighted by Gasteiger charge is -2.42. The van der Waals surface area contributed by atoms with E-state index in [-0.39, 0.29) is 0 Å². The van der Waals surface area contributed by atoms with Crippen molar-refractivity contribution in [3.63, 3.8) is 0 Å². The number of benzene rings is 2. The summed E-state index contributed by atoms with van der Waals surface area (Å²) in [5.41, 5.74) is 5.22. The molecule has 3 N–H and O–H groups in total. The summed E-state index contributed by atoms with van der Waals surface area (Å²) in [5.74, 6) is 1.81. The van der Waals surface area contributed by atoms with E-state index in [9.17, 15) is 0 Å². The van der Waals surface area contributed by atoms with Crippen molar-refractivity contribution >= 4 is 73.4 Å². The van der Waals surface area contributed by atoms with Gasteiger partial charge in [0.15, 0.2) is 0 Å². The number of halogens is 1. The summed E-state index contributed by atoms with van der Waals surface area (Å²) in [6, 6.07) is 10.9. The van der Waals surface area contributed by atoms with Crippen LogP contribution in [0.15, 0.2) is 53.4 Å². The molecular weight excluding hydrogens is 628 g/mol. The lowest BCUT2D eigenvalue weighted by atomic mass is 10.0. The number of methoxy groups -OCH3 is 1. The van der Waals surface area contributed by atoms with Crippen molar-refractivity contribution in [1.29, 1.82) is 0 Å². The van der Waals surface area contributed by atoms with Gasteiger partial charge in [0, 0.05) is 81.9 Å². The number of anilines is 6. The van der Waals surface area contributed by atoms with Gasteiger partial charge in [-0.25, -0.2) is 4.98 Å². The maximum Gasteiger partial charge on any atom is 0.229 e. The van der Waals surface area contributed by atoms with Crippen molar-refractivity contribution in [3.05, 3.63) is 53.4 Å². The molecule has 2 aliphatic rings. The molecule has 226 valence electrons. The molecule has 43 heavy (non-hydrogen) atoms. The van der Waals surface area contributed by atoms with E-state index >= 15 is 0 Å². The van der Waals surface area contributed by atoms with E-state index < -0.39 is 0 Å². The van der Waals surface area contributed by atoms with Crippen molar-refractivity contribution in [3.8, 4) is 5.75 Å². The van der Waals surface area contributed by atoms with E-state index in [1.807, 2.05) is 24.5 Å². The number of rotatable bonds is 9. The molecule has 2 aromatic carbocycles. The van der Waals surface area contributed by atoms with Crippen LogP contribution in [0.25, 0.3) is 11.0 Å². The van der Waals surface area contributed by atoms with Crippen molar-refractivity contribution in [1.82, 2.24) is 29.7 Å². The first-order chi connectivity index (χ1) is 21.0. The summed E-state index contributed by atoms with van der Waals surface area (Å²) < 4.78 is 9.87. The molecule has 0 unspecified atom stereocenters. The van der Waals surface area contributed by atoms with Crippen LogP contribution in [0, 0.1) is 0 Å². The molecule has 4 heterocycles. The molecule has 2 fully saturated rings. The zero-order valence-electron chi connectivity index (χ0n) is 24.7. The monoisotopic (exact) mass is 664 g/mol. The van der Waals surface area contributed by atoms with Gasteiger partial charge in [-0.05, 0) is 60.1 Å². The van der Waals surface area contributed by atoms with Gasteiger partial charge >= 0.3 is 0 Å². The number of aromatic nitrogens is 4. The maximum atomic E-state index is 5.80. The third-order valence-corrected chi connectivity index (χ3v) is 9.15. The molecule has 4 aromatic rings. The van der Waals surface area contributed by atoms with Crippen LogP contribution < -0.4 is 25.0 Å². The van der Waals surface area contributed by atoms with Gasteiger partial charge in [0.05, 0.1) is 34.2 Å². The number of likely N-dealkylation sites (N-methyl/N-ethyl adjacent to an activating group) is 1. The van der Waals surface area contributed by atoms with Crippen molar-refractivity contribution in [2.45, 2.75) is 18.9 Å². The average molecular weight is 666 g/mol. The largest absolute Gasteiger partial charge is 0.494 e. The first-order valence-corrected chi connectivity index (χ1v) is 16.5. The Morgan fingerprint density at radius 3 is 2.47 bits per heavy atom. The van der Waals surface area contributed by atoms with Crippen LogP contribution in [0.4, 0.5) is 34.5 Å². The molecule has 11 nitrogen and oxygen atoms in total. The van der Waals surface area contributed by atoms with Gasteiger partial charge in [-0.1, -0.05) is 11.9 Å². The summed E-state index contributed by atoms with van der Waals surface area (Å²) in [6.45, 7) is 6.78. The summed E-state index contributed by atoms with van der Waals surface area (Å²) in [6.07, 6.45) is 9.45. The first-order valence-electron chi connectivity index (χ1n) is 14.5. The third-order valence-electron chi connectivity index (χ3n) is 8.16. The Kier molecular flexibility index (Phi) is 9.31. The smallest absolute Gasteiger partial charge is 0.229 e. The molecule has 2 aliphatic heterocycles. The van der Waals surface area contributed by atoms with Crippen LogP contribution in [-0.2, 0) is 0 Å². The molecular formula is C30H37BrN10OS. The minimum atomic E-state index is 0.449. The highest BCUT2D eigenvalue weighted by molar-refractivity contribution is 9.10. The second-order valence-electron chi connectivity index (χ2n) is 10.8. The minimum Gasteiger partial charge on any atom is -0.494 e. The van der Waals surface area contributed by atoms with Crippen LogP contribution in [0.5, 0.6) is 5.75 Å². The Hall–Kier alpha value is -3.39. The van der Waals surface area contributed by atoms with Crippen molar-refractivity contribution in [2.24, 2.45) is 0 Å².